The molecule has 0 radical (unpaired) electrons. The lowest BCUT2D eigenvalue weighted by Gasteiger charge is -2.31. The standard InChI is InChI=1S/C16H27N3O/c1-4-8-14-11-17-13(3)18-16(14)19(5-2)12-15-9-6-7-10-20-15/h11,15H,4-10,12H2,1-3H3. The second-order valence-electron chi connectivity index (χ2n) is 5.54. The molecule has 1 saturated heterocycles. The van der Waals surface area contributed by atoms with Gasteiger partial charge in [0, 0.05) is 31.5 Å². The summed E-state index contributed by atoms with van der Waals surface area (Å²) in [5, 5.41) is 0. The lowest BCUT2D eigenvalue weighted by atomic mass is 10.1. The zero-order chi connectivity index (χ0) is 14.4. The molecule has 0 bridgehead atoms. The van der Waals surface area contributed by atoms with Gasteiger partial charge in [-0.25, -0.2) is 9.97 Å². The summed E-state index contributed by atoms with van der Waals surface area (Å²) in [4.78, 5) is 11.4. The van der Waals surface area contributed by atoms with Gasteiger partial charge in [-0.2, -0.15) is 0 Å². The Kier molecular flexibility index (Phi) is 5.77. The van der Waals surface area contributed by atoms with Crippen molar-refractivity contribution in [3.63, 3.8) is 0 Å². The fraction of sp³-hybridized carbons (Fsp3) is 0.750. The molecule has 20 heavy (non-hydrogen) atoms. The summed E-state index contributed by atoms with van der Waals surface area (Å²) >= 11 is 0. The quantitative estimate of drug-likeness (QED) is 0.800. The Bertz CT molecular complexity index is 416. The molecule has 0 aliphatic carbocycles. The van der Waals surface area contributed by atoms with Crippen molar-refractivity contribution >= 4 is 5.82 Å². The molecule has 112 valence electrons. The first-order valence-electron chi connectivity index (χ1n) is 7.93. The normalized spacial score (nSPS) is 19.1. The van der Waals surface area contributed by atoms with Crippen LogP contribution in [0.15, 0.2) is 6.20 Å². The predicted octanol–water partition coefficient (Wildman–Crippen LogP) is 3.13. The van der Waals surface area contributed by atoms with Crippen molar-refractivity contribution in [2.45, 2.75) is 59.0 Å². The SMILES string of the molecule is CCCc1cnc(C)nc1N(CC)CC1CCCCO1. The Balaban J connectivity index is 2.14. The van der Waals surface area contributed by atoms with Gasteiger partial charge in [-0.05, 0) is 39.5 Å². The second kappa shape index (κ2) is 7.58. The molecule has 0 amide bonds. The second-order valence-corrected chi connectivity index (χ2v) is 5.54. The van der Waals surface area contributed by atoms with Crippen LogP contribution in [0.25, 0.3) is 0 Å². The van der Waals surface area contributed by atoms with Crippen LogP contribution in [0.5, 0.6) is 0 Å². The number of hydrogen-bond acceptors (Lipinski definition) is 4. The number of ether oxygens (including phenoxy) is 1. The Morgan fingerprint density at radius 3 is 2.85 bits per heavy atom. The van der Waals surface area contributed by atoms with Crippen molar-refractivity contribution in [2.24, 2.45) is 0 Å². The summed E-state index contributed by atoms with van der Waals surface area (Å²) in [5.41, 5.74) is 1.26. The highest BCUT2D eigenvalue weighted by Gasteiger charge is 2.20. The molecule has 1 atom stereocenters. The summed E-state index contributed by atoms with van der Waals surface area (Å²) in [5.74, 6) is 1.96. The largest absolute Gasteiger partial charge is 0.376 e. The van der Waals surface area contributed by atoms with Gasteiger partial charge < -0.3 is 9.64 Å². The van der Waals surface area contributed by atoms with Gasteiger partial charge in [-0.3, -0.25) is 0 Å². The zero-order valence-corrected chi connectivity index (χ0v) is 13.1. The van der Waals surface area contributed by atoms with Crippen molar-refractivity contribution in [3.05, 3.63) is 17.6 Å². The molecule has 2 rings (SSSR count). The summed E-state index contributed by atoms with van der Waals surface area (Å²) in [6.45, 7) is 9.17. The van der Waals surface area contributed by atoms with Crippen LogP contribution in [-0.2, 0) is 11.2 Å². The molecule has 1 aromatic heterocycles. The highest BCUT2D eigenvalue weighted by molar-refractivity contribution is 5.46. The molecule has 4 nitrogen and oxygen atoms in total. The Labute approximate surface area is 122 Å². The third kappa shape index (κ3) is 3.92. The lowest BCUT2D eigenvalue weighted by molar-refractivity contribution is 0.0210. The highest BCUT2D eigenvalue weighted by atomic mass is 16.5. The third-order valence-corrected chi connectivity index (χ3v) is 3.86. The van der Waals surface area contributed by atoms with Crippen molar-refractivity contribution in [1.82, 2.24) is 9.97 Å². The number of likely N-dealkylation sites (N-methyl/N-ethyl adjacent to an activating group) is 1. The number of aryl methyl sites for hydroxylation is 2. The van der Waals surface area contributed by atoms with Crippen LogP contribution in [-0.4, -0.2) is 35.8 Å². The van der Waals surface area contributed by atoms with E-state index in [0.717, 1.165) is 44.2 Å². The molecule has 1 aromatic rings. The Morgan fingerprint density at radius 1 is 1.35 bits per heavy atom. The summed E-state index contributed by atoms with van der Waals surface area (Å²) in [6.07, 6.45) is 8.17. The van der Waals surface area contributed by atoms with Crippen molar-refractivity contribution < 1.29 is 4.74 Å². The van der Waals surface area contributed by atoms with Gasteiger partial charge >= 0.3 is 0 Å². The van der Waals surface area contributed by atoms with Gasteiger partial charge in [0.2, 0.25) is 0 Å². The van der Waals surface area contributed by atoms with Crippen LogP contribution in [0.1, 0.15) is 50.9 Å². The van der Waals surface area contributed by atoms with Gasteiger partial charge in [0.15, 0.2) is 0 Å². The monoisotopic (exact) mass is 277 g/mol. The lowest BCUT2D eigenvalue weighted by Crippen LogP contribution is -2.37. The van der Waals surface area contributed by atoms with E-state index in [4.69, 9.17) is 4.74 Å². The topological polar surface area (TPSA) is 38.2 Å². The molecule has 1 fully saturated rings. The molecule has 1 aliphatic heterocycles. The number of rotatable bonds is 6. The maximum Gasteiger partial charge on any atom is 0.135 e. The molecule has 0 spiro atoms. The average Bonchev–Trinajstić information content (AvgIpc) is 2.48. The number of hydrogen-bond donors (Lipinski definition) is 0. The summed E-state index contributed by atoms with van der Waals surface area (Å²) < 4.78 is 5.88. The Hall–Kier alpha value is -1.16. The smallest absolute Gasteiger partial charge is 0.135 e. The predicted molar refractivity (Wildman–Crippen MR) is 82.2 cm³/mol. The van der Waals surface area contributed by atoms with E-state index in [-0.39, 0.29) is 0 Å². The van der Waals surface area contributed by atoms with E-state index in [1.165, 1.54) is 24.8 Å². The molecule has 1 unspecified atom stereocenters. The fourth-order valence-electron chi connectivity index (χ4n) is 2.77. The van der Waals surface area contributed by atoms with E-state index in [9.17, 15) is 0 Å². The molecule has 2 heterocycles. The summed E-state index contributed by atoms with van der Waals surface area (Å²) in [6, 6.07) is 0. The molecule has 0 aromatic carbocycles. The first-order valence-corrected chi connectivity index (χ1v) is 7.93. The fourth-order valence-corrected chi connectivity index (χ4v) is 2.77. The van der Waals surface area contributed by atoms with Crippen molar-refractivity contribution in [2.75, 3.05) is 24.6 Å². The van der Waals surface area contributed by atoms with Crippen LogP contribution in [0.2, 0.25) is 0 Å². The number of aromatic nitrogens is 2. The van der Waals surface area contributed by atoms with E-state index in [1.54, 1.807) is 0 Å². The van der Waals surface area contributed by atoms with Crippen molar-refractivity contribution in [1.29, 1.82) is 0 Å². The minimum Gasteiger partial charge on any atom is -0.376 e. The number of nitrogens with zero attached hydrogens (tertiary/aromatic N) is 3. The zero-order valence-electron chi connectivity index (χ0n) is 13.1. The number of anilines is 1. The van der Waals surface area contributed by atoms with E-state index in [2.05, 4.69) is 28.7 Å². The van der Waals surface area contributed by atoms with Crippen LogP contribution >= 0.6 is 0 Å². The van der Waals surface area contributed by atoms with E-state index in [1.807, 2.05) is 13.1 Å². The first-order chi connectivity index (χ1) is 9.74. The molecule has 4 heteroatoms. The minimum absolute atomic E-state index is 0.355. The first kappa shape index (κ1) is 15.2. The highest BCUT2D eigenvalue weighted by Crippen LogP contribution is 2.22. The molecular weight excluding hydrogens is 250 g/mol. The van der Waals surface area contributed by atoms with E-state index >= 15 is 0 Å². The summed E-state index contributed by atoms with van der Waals surface area (Å²) in [7, 11) is 0. The maximum absolute atomic E-state index is 5.88. The molecule has 0 saturated carbocycles. The molecular formula is C16H27N3O. The minimum atomic E-state index is 0.355. The maximum atomic E-state index is 5.88. The van der Waals surface area contributed by atoms with E-state index < -0.39 is 0 Å². The van der Waals surface area contributed by atoms with Crippen LogP contribution < -0.4 is 4.90 Å². The van der Waals surface area contributed by atoms with Gasteiger partial charge in [0.1, 0.15) is 11.6 Å². The Morgan fingerprint density at radius 2 is 2.20 bits per heavy atom. The van der Waals surface area contributed by atoms with Crippen LogP contribution in [0.3, 0.4) is 0 Å². The average molecular weight is 277 g/mol. The van der Waals surface area contributed by atoms with Gasteiger partial charge in [0.05, 0.1) is 6.10 Å². The van der Waals surface area contributed by atoms with Crippen LogP contribution in [0, 0.1) is 6.92 Å². The molecule has 1 aliphatic rings. The van der Waals surface area contributed by atoms with Crippen LogP contribution in [0.4, 0.5) is 5.82 Å². The molecule has 0 N–H and O–H groups in total. The third-order valence-electron chi connectivity index (χ3n) is 3.86. The van der Waals surface area contributed by atoms with Gasteiger partial charge in [0.25, 0.3) is 0 Å². The van der Waals surface area contributed by atoms with Gasteiger partial charge in [-0.1, -0.05) is 13.3 Å². The van der Waals surface area contributed by atoms with Gasteiger partial charge in [-0.15, -0.1) is 0 Å². The van der Waals surface area contributed by atoms with E-state index in [0.29, 0.717) is 6.10 Å². The van der Waals surface area contributed by atoms with Crippen molar-refractivity contribution in [3.8, 4) is 0 Å².